The SMILES string of the molecule is CC[Si](CC)(CC[Si]1(C)O[Si](C)(CC[Si](CC)(OC)OC)O[Si](C)(CC[Si](OC)(OC)OC)O[Si](C)(CC[Si](OC)(OC)OC)O1)OC. The zero-order valence-corrected chi connectivity index (χ0v) is 41.1. The predicted octanol–water partition coefficient (Wildman–Crippen LogP) is 6.50. The lowest BCUT2D eigenvalue weighted by atomic mass is 10.9. The molecule has 1 saturated heterocycles. The van der Waals surface area contributed by atoms with Crippen LogP contribution in [0.1, 0.15) is 20.8 Å². The molecule has 1 aliphatic heterocycles. The van der Waals surface area contributed by atoms with Gasteiger partial charge in [0.2, 0.25) is 0 Å². The maximum Gasteiger partial charge on any atom is 0.500 e. The minimum Gasteiger partial charge on any atom is -0.420 e. The molecule has 13 nitrogen and oxygen atoms in total. The summed E-state index contributed by atoms with van der Waals surface area (Å²) in [6.07, 6.45) is 0. The van der Waals surface area contributed by atoms with Crippen molar-refractivity contribution >= 4 is 68.7 Å². The Kier molecular flexibility index (Phi) is 19.7. The normalized spacial score (nSPS) is 28.0. The van der Waals surface area contributed by atoms with Crippen LogP contribution in [0.4, 0.5) is 0 Å². The topological polar surface area (TPSA) is 120 Å². The lowest BCUT2D eigenvalue weighted by Crippen LogP contribution is -2.68. The summed E-state index contributed by atoms with van der Waals surface area (Å²) >= 11 is 0. The molecule has 0 aromatic carbocycles. The van der Waals surface area contributed by atoms with Crippen molar-refractivity contribution in [3.63, 3.8) is 0 Å². The van der Waals surface area contributed by atoms with Crippen molar-refractivity contribution in [2.75, 3.05) is 64.0 Å². The molecule has 0 aromatic heterocycles. The predicted molar refractivity (Wildman–Crippen MR) is 207 cm³/mol. The summed E-state index contributed by atoms with van der Waals surface area (Å²) in [5, 5.41) is 0. The second kappa shape index (κ2) is 20.1. The molecule has 0 radical (unpaired) electrons. The molecule has 4 unspecified atom stereocenters. The highest BCUT2D eigenvalue weighted by Gasteiger charge is 2.59. The van der Waals surface area contributed by atoms with Crippen molar-refractivity contribution in [1.82, 2.24) is 0 Å². The quantitative estimate of drug-likeness (QED) is 0.0987. The second-order valence-electron chi connectivity index (χ2n) is 13.3. The average Bonchev–Trinajstić information content (AvgIpc) is 3.07. The number of rotatable bonds is 24. The van der Waals surface area contributed by atoms with E-state index in [4.69, 9.17) is 56.3 Å². The largest absolute Gasteiger partial charge is 0.500 e. The van der Waals surface area contributed by atoms with E-state index in [1.165, 1.54) is 0 Å². The standard InChI is InChI=1S/C27H70O13Si8/c1-17-45(18-2,28-4)24-20-41(13)37-42(14,21-25-46(19-3,29-5)30-6)39-44(16,23-27-48(34-10,35-11)36-12)40-43(15,38-41)22-26-47(31-7,32-8)33-9/h17-27H2,1-16H3. The van der Waals surface area contributed by atoms with E-state index in [0.29, 0.717) is 30.2 Å². The third kappa shape index (κ3) is 12.7. The first-order valence-electron chi connectivity index (χ1n) is 17.2. The van der Waals surface area contributed by atoms with Gasteiger partial charge in [-0.05, 0) is 80.6 Å². The Labute approximate surface area is 301 Å². The Morgan fingerprint density at radius 2 is 0.667 bits per heavy atom. The molecule has 21 heteroatoms. The minimum atomic E-state index is -3.04. The zero-order chi connectivity index (χ0) is 37.0. The summed E-state index contributed by atoms with van der Waals surface area (Å²) in [6, 6.07) is 8.35. The summed E-state index contributed by atoms with van der Waals surface area (Å²) in [7, 11) is -7.08. The van der Waals surface area contributed by atoms with Crippen molar-refractivity contribution in [2.24, 2.45) is 0 Å². The van der Waals surface area contributed by atoms with Crippen LogP contribution in [0.5, 0.6) is 0 Å². The van der Waals surface area contributed by atoms with E-state index < -0.39 is 68.7 Å². The van der Waals surface area contributed by atoms with Crippen LogP contribution in [0.3, 0.4) is 0 Å². The third-order valence-electron chi connectivity index (χ3n) is 10.4. The molecular weight excluding hydrogens is 757 g/mol. The molecule has 0 amide bonds. The molecule has 1 rings (SSSR count). The van der Waals surface area contributed by atoms with E-state index in [1.807, 2.05) is 7.11 Å². The molecule has 1 aliphatic rings. The van der Waals surface area contributed by atoms with E-state index in [1.54, 1.807) is 56.9 Å². The maximum atomic E-state index is 7.47. The Balaban J connectivity index is 3.80. The molecule has 0 spiro atoms. The molecule has 0 bridgehead atoms. The lowest BCUT2D eigenvalue weighted by Gasteiger charge is -2.51. The van der Waals surface area contributed by atoms with Crippen LogP contribution in [0.2, 0.25) is 92.7 Å². The van der Waals surface area contributed by atoms with Crippen LogP contribution < -0.4 is 0 Å². The van der Waals surface area contributed by atoms with Gasteiger partial charge in [-0.1, -0.05) is 20.8 Å². The van der Waals surface area contributed by atoms with Crippen LogP contribution in [-0.4, -0.2) is 133 Å². The third-order valence-corrected chi connectivity index (χ3v) is 44.5. The van der Waals surface area contributed by atoms with E-state index in [2.05, 4.69) is 47.0 Å². The molecule has 0 aliphatic carbocycles. The summed E-state index contributed by atoms with van der Waals surface area (Å²) < 4.78 is 83.0. The van der Waals surface area contributed by atoms with Gasteiger partial charge in [-0.3, -0.25) is 0 Å². The fourth-order valence-corrected chi connectivity index (χ4v) is 45.6. The van der Waals surface area contributed by atoms with Crippen molar-refractivity contribution in [1.29, 1.82) is 0 Å². The van der Waals surface area contributed by atoms with Gasteiger partial charge in [0.05, 0.1) is 0 Å². The summed E-state index contributed by atoms with van der Waals surface area (Å²) in [5.74, 6) is 0. The first-order chi connectivity index (χ1) is 22.4. The molecule has 0 saturated carbocycles. The molecule has 1 fully saturated rings. The Hall–Kier alpha value is 1.22. The highest BCUT2D eigenvalue weighted by Crippen LogP contribution is 2.42. The smallest absolute Gasteiger partial charge is 0.420 e. The zero-order valence-electron chi connectivity index (χ0n) is 33.1. The van der Waals surface area contributed by atoms with Gasteiger partial charge in [0.15, 0.2) is 8.32 Å². The van der Waals surface area contributed by atoms with Crippen LogP contribution in [-0.2, 0) is 56.3 Å². The Bertz CT molecular complexity index is 739. The van der Waals surface area contributed by atoms with Gasteiger partial charge in [0, 0.05) is 76.1 Å². The minimum absolute atomic E-state index is 0.536. The van der Waals surface area contributed by atoms with Crippen molar-refractivity contribution in [2.45, 2.75) is 113 Å². The maximum absolute atomic E-state index is 7.47. The Morgan fingerprint density at radius 1 is 0.375 bits per heavy atom. The lowest BCUT2D eigenvalue weighted by molar-refractivity contribution is 0.123. The molecular formula is C27H70O13Si8. The van der Waals surface area contributed by atoms with Crippen molar-refractivity contribution in [3.05, 3.63) is 0 Å². The van der Waals surface area contributed by atoms with E-state index in [0.717, 1.165) is 36.3 Å². The number of hydrogen-bond acceptors (Lipinski definition) is 13. The molecule has 48 heavy (non-hydrogen) atoms. The highest BCUT2D eigenvalue weighted by molar-refractivity contribution is 6.95. The molecule has 288 valence electrons. The van der Waals surface area contributed by atoms with Crippen LogP contribution in [0.25, 0.3) is 0 Å². The average molecular weight is 828 g/mol. The summed E-state index contributed by atoms with van der Waals surface area (Å²) in [5.41, 5.74) is 0. The van der Waals surface area contributed by atoms with Crippen LogP contribution in [0.15, 0.2) is 0 Å². The fraction of sp³-hybridized carbons (Fsp3) is 1.00. The Morgan fingerprint density at radius 3 is 0.896 bits per heavy atom. The van der Waals surface area contributed by atoms with Gasteiger partial charge in [0.1, 0.15) is 0 Å². The van der Waals surface area contributed by atoms with E-state index in [-0.39, 0.29) is 0 Å². The summed E-state index contributed by atoms with van der Waals surface area (Å²) in [4.78, 5) is 0. The summed E-state index contributed by atoms with van der Waals surface area (Å²) in [6.45, 7) is 15.2. The highest BCUT2D eigenvalue weighted by atomic mass is 28.5. The van der Waals surface area contributed by atoms with E-state index >= 15 is 0 Å². The monoisotopic (exact) mass is 826 g/mol. The number of hydrogen-bond donors (Lipinski definition) is 0. The first kappa shape index (κ1) is 47.2. The van der Waals surface area contributed by atoms with Gasteiger partial charge in [0.25, 0.3) is 0 Å². The molecule has 1 heterocycles. The molecule has 4 atom stereocenters. The fourth-order valence-electron chi connectivity index (χ4n) is 6.81. The van der Waals surface area contributed by atoms with Crippen LogP contribution in [0, 0.1) is 0 Å². The van der Waals surface area contributed by atoms with Gasteiger partial charge >= 0.3 is 60.4 Å². The van der Waals surface area contributed by atoms with Gasteiger partial charge in [-0.25, -0.2) is 0 Å². The van der Waals surface area contributed by atoms with E-state index in [9.17, 15) is 0 Å². The van der Waals surface area contributed by atoms with Crippen LogP contribution >= 0.6 is 0 Å². The molecule has 0 aromatic rings. The van der Waals surface area contributed by atoms with Gasteiger partial charge in [-0.2, -0.15) is 0 Å². The second-order valence-corrected chi connectivity index (χ2v) is 42.4. The van der Waals surface area contributed by atoms with Crippen molar-refractivity contribution < 1.29 is 56.3 Å². The van der Waals surface area contributed by atoms with Crippen molar-refractivity contribution in [3.8, 4) is 0 Å². The first-order valence-corrected chi connectivity index (χ1v) is 35.9. The van der Waals surface area contributed by atoms with Gasteiger partial charge < -0.3 is 56.3 Å². The molecule has 0 N–H and O–H groups in total. The van der Waals surface area contributed by atoms with Gasteiger partial charge in [-0.15, -0.1) is 0 Å².